The summed E-state index contributed by atoms with van der Waals surface area (Å²) in [5.74, 6) is 0. The van der Waals surface area contributed by atoms with Crippen molar-refractivity contribution in [2.24, 2.45) is 0 Å². The Bertz CT molecular complexity index is 781. The summed E-state index contributed by atoms with van der Waals surface area (Å²) in [6, 6.07) is 5.83. The van der Waals surface area contributed by atoms with Crippen LogP contribution in [0.4, 0.5) is 5.13 Å². The second-order valence-electron chi connectivity index (χ2n) is 9.27. The first-order valence-corrected chi connectivity index (χ1v) is 12.9. The lowest BCUT2D eigenvalue weighted by atomic mass is 9.94. The zero-order chi connectivity index (χ0) is 20.2. The van der Waals surface area contributed by atoms with Gasteiger partial charge in [0.15, 0.2) is 0 Å². The van der Waals surface area contributed by atoms with Crippen LogP contribution in [0.5, 0.6) is 0 Å². The molecule has 7 heteroatoms. The Morgan fingerprint density at radius 2 is 1.57 bits per heavy atom. The molecular formula is C23H36N6S. The van der Waals surface area contributed by atoms with E-state index >= 15 is 0 Å². The molecule has 5 rings (SSSR count). The van der Waals surface area contributed by atoms with E-state index < -0.39 is 0 Å². The molecule has 2 aromatic heterocycles. The molecule has 0 bridgehead atoms. The summed E-state index contributed by atoms with van der Waals surface area (Å²) in [5.41, 5.74) is 1.28. The first kappa shape index (κ1) is 20.5. The zero-order valence-corrected chi connectivity index (χ0v) is 19.0. The molecule has 0 aromatic carbocycles. The molecule has 30 heavy (non-hydrogen) atoms. The normalized spacial score (nSPS) is 22.6. The van der Waals surface area contributed by atoms with Gasteiger partial charge in [-0.1, -0.05) is 49.9 Å². The summed E-state index contributed by atoms with van der Waals surface area (Å²) < 4.78 is 2.22. The van der Waals surface area contributed by atoms with Crippen molar-refractivity contribution in [3.05, 3.63) is 24.0 Å². The van der Waals surface area contributed by atoms with Gasteiger partial charge in [-0.3, -0.25) is 9.47 Å². The predicted octanol–water partition coefficient (Wildman–Crippen LogP) is 4.21. The average Bonchev–Trinajstić information content (AvgIpc) is 3.49. The molecule has 1 saturated heterocycles. The molecule has 2 aliphatic carbocycles. The topological polar surface area (TPSA) is 49.2 Å². The molecule has 1 aliphatic heterocycles. The molecule has 0 amide bonds. The van der Waals surface area contributed by atoms with E-state index in [-0.39, 0.29) is 0 Å². The number of anilines is 1. The van der Waals surface area contributed by atoms with Crippen LogP contribution in [0.3, 0.4) is 0 Å². The molecule has 0 spiro atoms. The maximum Gasteiger partial charge on any atom is 0.218 e. The van der Waals surface area contributed by atoms with Gasteiger partial charge in [-0.05, 0) is 37.8 Å². The van der Waals surface area contributed by atoms with Gasteiger partial charge in [0, 0.05) is 56.7 Å². The van der Waals surface area contributed by atoms with Crippen LogP contribution in [0, 0.1) is 0 Å². The number of rotatable bonds is 6. The summed E-state index contributed by atoms with van der Waals surface area (Å²) in [7, 11) is 0. The zero-order valence-electron chi connectivity index (χ0n) is 18.1. The number of nitrogens with one attached hydrogen (secondary N) is 1. The van der Waals surface area contributed by atoms with Crippen molar-refractivity contribution in [3.63, 3.8) is 0 Å². The van der Waals surface area contributed by atoms with Crippen LogP contribution >= 0.6 is 11.3 Å². The molecule has 6 nitrogen and oxygen atoms in total. The largest absolute Gasteiger partial charge is 0.344 e. The van der Waals surface area contributed by atoms with Crippen LogP contribution in [0.15, 0.2) is 18.3 Å². The van der Waals surface area contributed by atoms with E-state index in [1.165, 1.54) is 83.0 Å². The number of aromatic nitrogens is 3. The molecule has 2 saturated carbocycles. The molecule has 2 aromatic rings. The maximum absolute atomic E-state index is 4.56. The molecule has 3 aliphatic rings. The highest BCUT2D eigenvalue weighted by Crippen LogP contribution is 2.28. The highest BCUT2D eigenvalue weighted by molar-refractivity contribution is 7.17. The first-order valence-electron chi connectivity index (χ1n) is 12.1. The Morgan fingerprint density at radius 1 is 0.867 bits per heavy atom. The molecule has 0 atom stereocenters. The van der Waals surface area contributed by atoms with Crippen molar-refractivity contribution >= 4 is 16.5 Å². The summed E-state index contributed by atoms with van der Waals surface area (Å²) >= 11 is 1.73. The lowest BCUT2D eigenvalue weighted by molar-refractivity contribution is 0.148. The van der Waals surface area contributed by atoms with E-state index in [0.717, 1.165) is 35.9 Å². The minimum Gasteiger partial charge on any atom is -0.344 e. The Balaban J connectivity index is 1.18. The monoisotopic (exact) mass is 428 g/mol. The van der Waals surface area contributed by atoms with Gasteiger partial charge in [0.05, 0.1) is 0 Å². The van der Waals surface area contributed by atoms with E-state index in [9.17, 15) is 0 Å². The predicted molar refractivity (Wildman–Crippen MR) is 124 cm³/mol. The van der Waals surface area contributed by atoms with Gasteiger partial charge < -0.3 is 10.2 Å². The fraction of sp³-hybridized carbons (Fsp3) is 0.739. The molecule has 0 radical (unpaired) electrons. The minimum absolute atomic E-state index is 0.674. The minimum atomic E-state index is 0.674. The van der Waals surface area contributed by atoms with Crippen molar-refractivity contribution in [2.75, 3.05) is 31.1 Å². The van der Waals surface area contributed by atoms with Crippen molar-refractivity contribution in [1.29, 1.82) is 0 Å². The molecule has 0 unspecified atom stereocenters. The van der Waals surface area contributed by atoms with E-state index in [1.54, 1.807) is 11.3 Å². The van der Waals surface area contributed by atoms with Gasteiger partial charge in [0.2, 0.25) is 10.3 Å². The Hall–Kier alpha value is -1.44. The highest BCUT2D eigenvalue weighted by atomic mass is 32.1. The lowest BCUT2D eigenvalue weighted by Crippen LogP contribution is -2.50. The number of hydrogen-bond acceptors (Lipinski definition) is 6. The lowest BCUT2D eigenvalue weighted by Gasteiger charge is -2.40. The Morgan fingerprint density at radius 3 is 2.33 bits per heavy atom. The molecular weight excluding hydrogens is 392 g/mol. The van der Waals surface area contributed by atoms with Crippen molar-refractivity contribution in [1.82, 2.24) is 25.0 Å². The second kappa shape index (κ2) is 9.79. The van der Waals surface area contributed by atoms with Crippen molar-refractivity contribution in [2.45, 2.75) is 82.8 Å². The van der Waals surface area contributed by atoms with Crippen LogP contribution in [-0.4, -0.2) is 57.9 Å². The molecule has 3 fully saturated rings. The van der Waals surface area contributed by atoms with Crippen molar-refractivity contribution < 1.29 is 0 Å². The van der Waals surface area contributed by atoms with Gasteiger partial charge in [-0.15, -0.1) is 10.2 Å². The van der Waals surface area contributed by atoms with Gasteiger partial charge >= 0.3 is 0 Å². The summed E-state index contributed by atoms with van der Waals surface area (Å²) in [6.45, 7) is 5.39. The number of piperazine rings is 1. The number of nitrogens with zero attached hydrogens (tertiary/aromatic N) is 5. The van der Waals surface area contributed by atoms with E-state index in [2.05, 4.69) is 48.2 Å². The van der Waals surface area contributed by atoms with Gasteiger partial charge in [-0.2, -0.15) is 0 Å². The van der Waals surface area contributed by atoms with E-state index in [0.29, 0.717) is 6.04 Å². The van der Waals surface area contributed by atoms with Crippen LogP contribution in [-0.2, 0) is 6.54 Å². The highest BCUT2D eigenvalue weighted by Gasteiger charge is 2.26. The quantitative estimate of drug-likeness (QED) is 0.747. The van der Waals surface area contributed by atoms with E-state index in [1.807, 2.05) is 0 Å². The summed E-state index contributed by atoms with van der Waals surface area (Å²) in [5, 5.41) is 14.9. The average molecular weight is 429 g/mol. The SMILES string of the molecule is c1cc(CNC2CCCCC2)n(-c2nnc(N3CCN(C4CCCCC4)CC3)s2)c1. The third kappa shape index (κ3) is 4.73. The Kier molecular flexibility index (Phi) is 6.68. The Labute approximate surface area is 184 Å². The van der Waals surface area contributed by atoms with Gasteiger partial charge in [0.1, 0.15) is 0 Å². The smallest absolute Gasteiger partial charge is 0.218 e. The molecule has 164 valence electrons. The molecule has 3 heterocycles. The van der Waals surface area contributed by atoms with Crippen LogP contribution < -0.4 is 10.2 Å². The third-order valence-electron chi connectivity index (χ3n) is 7.30. The third-order valence-corrected chi connectivity index (χ3v) is 8.28. The van der Waals surface area contributed by atoms with Crippen LogP contribution in [0.2, 0.25) is 0 Å². The standard InChI is InChI=1S/C23H36N6S/c1-3-8-19(9-4-1)24-18-21-12-7-13-29(21)23-26-25-22(30-23)28-16-14-27(15-17-28)20-10-5-2-6-11-20/h7,12-13,19-20,24H,1-6,8-11,14-18H2. The first-order chi connectivity index (χ1) is 14.9. The summed E-state index contributed by atoms with van der Waals surface area (Å²) in [6.07, 6.45) is 16.0. The van der Waals surface area contributed by atoms with Crippen molar-refractivity contribution in [3.8, 4) is 5.13 Å². The summed E-state index contributed by atoms with van der Waals surface area (Å²) in [4.78, 5) is 5.16. The van der Waals surface area contributed by atoms with Crippen LogP contribution in [0.25, 0.3) is 5.13 Å². The van der Waals surface area contributed by atoms with Gasteiger partial charge in [-0.25, -0.2) is 0 Å². The van der Waals surface area contributed by atoms with Gasteiger partial charge in [0.25, 0.3) is 0 Å². The maximum atomic E-state index is 4.56. The number of hydrogen-bond donors (Lipinski definition) is 1. The fourth-order valence-electron chi connectivity index (χ4n) is 5.46. The second-order valence-corrected chi connectivity index (χ2v) is 10.2. The molecule has 1 N–H and O–H groups in total. The van der Waals surface area contributed by atoms with E-state index in [4.69, 9.17) is 0 Å². The fourth-order valence-corrected chi connectivity index (χ4v) is 6.37. The van der Waals surface area contributed by atoms with Crippen LogP contribution in [0.1, 0.15) is 69.9 Å².